The molecule has 1 atom stereocenters. The Morgan fingerprint density at radius 2 is 1.97 bits per heavy atom. The summed E-state index contributed by atoms with van der Waals surface area (Å²) in [6, 6.07) is 9.14. The minimum Gasteiger partial charge on any atom is -0.497 e. The summed E-state index contributed by atoms with van der Waals surface area (Å²) in [5.74, 6) is -1.36. The number of amides is 1. The number of ether oxygens (including phenoxy) is 1. The third kappa shape index (κ3) is 7.08. The second-order valence-corrected chi connectivity index (χ2v) is 8.06. The first-order valence-corrected chi connectivity index (χ1v) is 10.8. The Balaban J connectivity index is 1.55. The number of halogens is 3. The summed E-state index contributed by atoms with van der Waals surface area (Å²) >= 11 is 0. The highest BCUT2D eigenvalue weighted by Crippen LogP contribution is 2.29. The van der Waals surface area contributed by atoms with Crippen molar-refractivity contribution in [3.05, 3.63) is 48.2 Å². The van der Waals surface area contributed by atoms with E-state index in [4.69, 9.17) is 4.74 Å². The van der Waals surface area contributed by atoms with Gasteiger partial charge in [0.25, 0.3) is 0 Å². The fourth-order valence-electron chi connectivity index (χ4n) is 3.80. The van der Waals surface area contributed by atoms with E-state index in [2.05, 4.69) is 10.3 Å². The molecule has 0 aliphatic carbocycles. The Labute approximate surface area is 195 Å². The lowest BCUT2D eigenvalue weighted by molar-refractivity contribution is -0.144. The van der Waals surface area contributed by atoms with Crippen LogP contribution >= 0.6 is 0 Å². The van der Waals surface area contributed by atoms with Crippen LogP contribution in [0.5, 0.6) is 5.75 Å². The van der Waals surface area contributed by atoms with Crippen LogP contribution in [0.3, 0.4) is 0 Å². The lowest BCUT2D eigenvalue weighted by Gasteiger charge is -2.25. The van der Waals surface area contributed by atoms with Crippen LogP contribution in [-0.2, 0) is 15.8 Å². The maximum Gasteiger partial charge on any atom is 0.417 e. The van der Waals surface area contributed by atoms with E-state index in [-0.39, 0.29) is 13.0 Å². The third-order valence-electron chi connectivity index (χ3n) is 5.60. The lowest BCUT2D eigenvalue weighted by atomic mass is 10.0. The molecule has 0 spiro atoms. The van der Waals surface area contributed by atoms with Gasteiger partial charge in [0.05, 0.1) is 18.6 Å². The molecular formula is C23H27F3N4O4. The number of carbonyl (C=O) groups is 2. The van der Waals surface area contributed by atoms with E-state index in [0.29, 0.717) is 49.9 Å². The molecule has 34 heavy (non-hydrogen) atoms. The van der Waals surface area contributed by atoms with Crippen LogP contribution in [-0.4, -0.2) is 66.7 Å². The number of anilines is 2. The smallest absolute Gasteiger partial charge is 0.417 e. The van der Waals surface area contributed by atoms with Gasteiger partial charge in [-0.15, -0.1) is 0 Å². The highest BCUT2D eigenvalue weighted by Gasteiger charge is 2.31. The van der Waals surface area contributed by atoms with Crippen LogP contribution in [0.4, 0.5) is 24.7 Å². The zero-order chi connectivity index (χ0) is 24.7. The number of methoxy groups -OCH3 is 1. The average Bonchev–Trinajstić information content (AvgIpc) is 3.04. The zero-order valence-electron chi connectivity index (χ0n) is 18.7. The largest absolute Gasteiger partial charge is 0.497 e. The molecule has 1 aliphatic rings. The maximum absolute atomic E-state index is 12.8. The summed E-state index contributed by atoms with van der Waals surface area (Å²) in [5.41, 5.74) is -0.285. The number of nitrogens with one attached hydrogen (secondary N) is 1. The molecule has 2 N–H and O–H groups in total. The van der Waals surface area contributed by atoms with E-state index in [1.165, 1.54) is 13.2 Å². The summed E-state index contributed by atoms with van der Waals surface area (Å²) in [6.07, 6.45) is -3.12. The number of carboxylic acids is 1. The number of aromatic nitrogens is 1. The molecule has 0 unspecified atom stereocenters. The molecule has 1 aromatic carbocycles. The number of pyridine rings is 1. The molecule has 8 nitrogen and oxygen atoms in total. The summed E-state index contributed by atoms with van der Waals surface area (Å²) in [6.45, 7) is 2.38. The van der Waals surface area contributed by atoms with E-state index >= 15 is 0 Å². The van der Waals surface area contributed by atoms with Gasteiger partial charge in [0.15, 0.2) is 0 Å². The van der Waals surface area contributed by atoms with Crippen molar-refractivity contribution >= 4 is 23.4 Å². The van der Waals surface area contributed by atoms with Gasteiger partial charge in [-0.1, -0.05) is 6.07 Å². The van der Waals surface area contributed by atoms with Gasteiger partial charge in [-0.25, -0.2) is 4.98 Å². The summed E-state index contributed by atoms with van der Waals surface area (Å²) in [5, 5.41) is 12.4. The van der Waals surface area contributed by atoms with E-state index in [1.807, 2.05) is 9.80 Å². The lowest BCUT2D eigenvalue weighted by Crippen LogP contribution is -2.37. The first-order chi connectivity index (χ1) is 16.2. The maximum atomic E-state index is 12.8. The minimum absolute atomic E-state index is 0.187. The van der Waals surface area contributed by atoms with Crippen LogP contribution in [0.15, 0.2) is 42.6 Å². The second kappa shape index (κ2) is 11.2. The number of carboxylic acid groups (broad SMARTS) is 1. The van der Waals surface area contributed by atoms with Gasteiger partial charge >= 0.3 is 12.1 Å². The molecule has 0 radical (unpaired) electrons. The molecule has 1 aromatic heterocycles. The number of aliphatic carboxylic acids is 1. The second-order valence-electron chi connectivity index (χ2n) is 8.06. The predicted octanol–water partition coefficient (Wildman–Crippen LogP) is 3.35. The van der Waals surface area contributed by atoms with Crippen molar-refractivity contribution in [3.8, 4) is 5.75 Å². The van der Waals surface area contributed by atoms with Crippen molar-refractivity contribution in [3.63, 3.8) is 0 Å². The van der Waals surface area contributed by atoms with Gasteiger partial charge in [-0.2, -0.15) is 13.2 Å². The first-order valence-electron chi connectivity index (χ1n) is 10.8. The van der Waals surface area contributed by atoms with Crippen LogP contribution in [0.2, 0.25) is 0 Å². The van der Waals surface area contributed by atoms with E-state index in [0.717, 1.165) is 12.3 Å². The van der Waals surface area contributed by atoms with Crippen molar-refractivity contribution < 1.29 is 32.6 Å². The number of carbonyl (C=O) groups excluding carboxylic acids is 1. The standard InChI is InChI=1S/C23H27F3N4O4/c1-34-19-5-2-4-18(13-19)28-21(31)12-16(22(32)33)15-29-8-3-9-30(11-10-29)20-7-6-17(14-27-20)23(24,25)26/h2,4-7,13-14,16H,3,8-12,15H2,1H3,(H,28,31)(H,32,33)/t16-/m0/s1. The van der Waals surface area contributed by atoms with E-state index < -0.39 is 29.5 Å². The van der Waals surface area contributed by atoms with Crippen LogP contribution in [0, 0.1) is 5.92 Å². The van der Waals surface area contributed by atoms with Crippen LogP contribution in [0.1, 0.15) is 18.4 Å². The Morgan fingerprint density at radius 1 is 1.18 bits per heavy atom. The molecule has 2 aromatic rings. The van der Waals surface area contributed by atoms with Gasteiger partial charge < -0.3 is 25.0 Å². The van der Waals surface area contributed by atoms with Gasteiger partial charge in [0.1, 0.15) is 11.6 Å². The van der Waals surface area contributed by atoms with E-state index in [9.17, 15) is 27.9 Å². The first kappa shape index (κ1) is 25.3. The molecule has 1 aliphatic heterocycles. The molecule has 11 heteroatoms. The van der Waals surface area contributed by atoms with Crippen molar-refractivity contribution in [2.45, 2.75) is 19.0 Å². The van der Waals surface area contributed by atoms with Crippen LogP contribution in [0.25, 0.3) is 0 Å². The Kier molecular flexibility index (Phi) is 8.32. The predicted molar refractivity (Wildman–Crippen MR) is 120 cm³/mol. The fourth-order valence-corrected chi connectivity index (χ4v) is 3.80. The number of alkyl halides is 3. The Bertz CT molecular complexity index is 985. The molecule has 184 valence electrons. The van der Waals surface area contributed by atoms with Crippen molar-refractivity contribution in [1.29, 1.82) is 0 Å². The summed E-state index contributed by atoms with van der Waals surface area (Å²) < 4.78 is 43.4. The fraction of sp³-hybridized carbons (Fsp3) is 0.435. The molecule has 2 heterocycles. The third-order valence-corrected chi connectivity index (χ3v) is 5.60. The van der Waals surface area contributed by atoms with Crippen molar-refractivity contribution in [1.82, 2.24) is 9.88 Å². The summed E-state index contributed by atoms with van der Waals surface area (Å²) in [7, 11) is 1.51. The Morgan fingerprint density at radius 3 is 2.62 bits per heavy atom. The Hall–Kier alpha value is -3.34. The number of benzene rings is 1. The number of nitrogens with zero attached hydrogens (tertiary/aromatic N) is 3. The number of hydrogen-bond acceptors (Lipinski definition) is 6. The topological polar surface area (TPSA) is 95.0 Å². The molecule has 3 rings (SSSR count). The highest BCUT2D eigenvalue weighted by atomic mass is 19.4. The van der Waals surface area contributed by atoms with Crippen molar-refractivity contribution in [2.24, 2.45) is 5.92 Å². The van der Waals surface area contributed by atoms with Gasteiger partial charge in [0, 0.05) is 50.6 Å². The monoisotopic (exact) mass is 480 g/mol. The average molecular weight is 480 g/mol. The zero-order valence-corrected chi connectivity index (χ0v) is 18.7. The molecule has 1 amide bonds. The molecule has 1 saturated heterocycles. The summed E-state index contributed by atoms with van der Waals surface area (Å²) in [4.78, 5) is 32.0. The number of hydrogen-bond donors (Lipinski definition) is 2. The molecule has 0 saturated carbocycles. The normalized spacial score (nSPS) is 15.9. The molecule has 1 fully saturated rings. The van der Waals surface area contributed by atoms with E-state index in [1.54, 1.807) is 24.3 Å². The minimum atomic E-state index is -4.44. The highest BCUT2D eigenvalue weighted by molar-refractivity contribution is 5.93. The van der Waals surface area contributed by atoms with Crippen LogP contribution < -0.4 is 15.0 Å². The van der Waals surface area contributed by atoms with Gasteiger partial charge in [0.2, 0.25) is 5.91 Å². The molecular weight excluding hydrogens is 453 g/mol. The van der Waals surface area contributed by atoms with Gasteiger partial charge in [-0.05, 0) is 37.2 Å². The van der Waals surface area contributed by atoms with Crippen molar-refractivity contribution in [2.75, 3.05) is 50.1 Å². The molecule has 0 bridgehead atoms. The van der Waals surface area contributed by atoms with Gasteiger partial charge in [-0.3, -0.25) is 9.59 Å². The number of rotatable bonds is 8. The SMILES string of the molecule is COc1cccc(NC(=O)C[C@@H](CN2CCCN(c3ccc(C(F)(F)F)cn3)CC2)C(=O)O)c1. The quantitative estimate of drug-likeness (QED) is 0.598.